The first-order valence-electron chi connectivity index (χ1n) is 5.80. The van der Waals surface area contributed by atoms with Gasteiger partial charge in [0.1, 0.15) is 0 Å². The summed E-state index contributed by atoms with van der Waals surface area (Å²) in [5.41, 5.74) is 7.37. The fourth-order valence-electron chi connectivity index (χ4n) is 1.88. The highest BCUT2D eigenvalue weighted by Crippen LogP contribution is 2.31. The second kappa shape index (κ2) is 4.43. The van der Waals surface area contributed by atoms with Crippen molar-refractivity contribution in [3.8, 4) is 0 Å². The van der Waals surface area contributed by atoms with Crippen molar-refractivity contribution in [2.75, 3.05) is 5.73 Å². The molecule has 0 atom stereocenters. The number of hydrogen-bond acceptors (Lipinski definition) is 7. The van der Waals surface area contributed by atoms with Crippen molar-refractivity contribution in [2.45, 2.75) is 10.1 Å². The van der Waals surface area contributed by atoms with Gasteiger partial charge in [0, 0.05) is 11.1 Å². The summed E-state index contributed by atoms with van der Waals surface area (Å²) in [7, 11) is 0. The van der Waals surface area contributed by atoms with E-state index in [2.05, 4.69) is 26.3 Å². The summed E-state index contributed by atoms with van der Waals surface area (Å²) in [6.07, 6.45) is 1.72. The van der Waals surface area contributed by atoms with Gasteiger partial charge in [-0.3, -0.25) is 0 Å². The highest BCUT2D eigenvalue weighted by atomic mass is 32.2. The number of nitrogens with zero attached hydrogens (tertiary/aromatic N) is 5. The SMILES string of the molecule is Nc1nc2ccc(Sc3nnc4cccnn34)cc2s1. The Morgan fingerprint density at radius 3 is 3.10 bits per heavy atom. The van der Waals surface area contributed by atoms with Gasteiger partial charge in [0.2, 0.25) is 5.16 Å². The molecule has 0 bridgehead atoms. The quantitative estimate of drug-likeness (QED) is 0.612. The van der Waals surface area contributed by atoms with Gasteiger partial charge >= 0.3 is 0 Å². The van der Waals surface area contributed by atoms with Gasteiger partial charge < -0.3 is 5.73 Å². The first-order valence-corrected chi connectivity index (χ1v) is 7.43. The molecular weight excluding hydrogens is 292 g/mol. The summed E-state index contributed by atoms with van der Waals surface area (Å²) in [6.45, 7) is 0. The zero-order valence-corrected chi connectivity index (χ0v) is 11.7. The van der Waals surface area contributed by atoms with Crippen LogP contribution < -0.4 is 5.73 Å². The van der Waals surface area contributed by atoms with Crippen LogP contribution >= 0.6 is 23.1 Å². The lowest BCUT2D eigenvalue weighted by molar-refractivity contribution is 0.809. The maximum Gasteiger partial charge on any atom is 0.217 e. The Kier molecular flexibility index (Phi) is 2.57. The molecule has 0 unspecified atom stereocenters. The number of fused-ring (bicyclic) bond motifs is 2. The lowest BCUT2D eigenvalue weighted by Gasteiger charge is -1.98. The third-order valence-electron chi connectivity index (χ3n) is 2.74. The molecule has 3 heterocycles. The minimum absolute atomic E-state index is 0.580. The van der Waals surface area contributed by atoms with Crippen LogP contribution in [0.4, 0.5) is 5.13 Å². The highest BCUT2D eigenvalue weighted by molar-refractivity contribution is 7.99. The summed E-state index contributed by atoms with van der Waals surface area (Å²) in [6, 6.07) is 9.72. The molecule has 8 heteroatoms. The Morgan fingerprint density at radius 2 is 2.15 bits per heavy atom. The van der Waals surface area contributed by atoms with E-state index in [1.54, 1.807) is 10.7 Å². The molecule has 20 heavy (non-hydrogen) atoms. The lowest BCUT2D eigenvalue weighted by Crippen LogP contribution is -1.91. The molecule has 2 N–H and O–H groups in total. The van der Waals surface area contributed by atoms with Gasteiger partial charge in [0.05, 0.1) is 10.2 Å². The van der Waals surface area contributed by atoms with Crippen LogP contribution in [0.1, 0.15) is 0 Å². The molecule has 1 aromatic carbocycles. The minimum atomic E-state index is 0.580. The van der Waals surface area contributed by atoms with Crippen molar-refractivity contribution in [3.63, 3.8) is 0 Å². The molecule has 3 aromatic heterocycles. The molecule has 4 rings (SSSR count). The standard InChI is InChI=1S/C12H8N6S2/c13-11-15-8-4-3-7(6-9(8)20-11)19-12-17-16-10-2-1-5-14-18(10)12/h1-6H,(H2,13,15). The molecular formula is C12H8N6S2. The van der Waals surface area contributed by atoms with Crippen molar-refractivity contribution in [3.05, 3.63) is 36.5 Å². The monoisotopic (exact) mass is 300 g/mol. The normalized spacial score (nSPS) is 11.4. The number of aromatic nitrogens is 5. The number of thiazole rings is 1. The Hall–Kier alpha value is -2.19. The lowest BCUT2D eigenvalue weighted by atomic mass is 10.3. The number of hydrogen-bond donors (Lipinski definition) is 1. The topological polar surface area (TPSA) is 82.0 Å². The third-order valence-corrected chi connectivity index (χ3v) is 4.51. The van der Waals surface area contributed by atoms with Crippen molar-refractivity contribution in [1.82, 2.24) is 24.8 Å². The number of nitrogen functional groups attached to an aromatic ring is 1. The van der Waals surface area contributed by atoms with Gasteiger partial charge in [-0.25, -0.2) is 4.98 Å². The Morgan fingerprint density at radius 1 is 1.20 bits per heavy atom. The second-order valence-electron chi connectivity index (χ2n) is 4.06. The van der Waals surface area contributed by atoms with Gasteiger partial charge in [0.25, 0.3) is 0 Å². The van der Waals surface area contributed by atoms with Gasteiger partial charge in [-0.1, -0.05) is 11.3 Å². The predicted molar refractivity (Wildman–Crippen MR) is 78.9 cm³/mol. The predicted octanol–water partition coefficient (Wildman–Crippen LogP) is 2.47. The smallest absolute Gasteiger partial charge is 0.217 e. The average molecular weight is 300 g/mol. The molecule has 0 amide bonds. The van der Waals surface area contributed by atoms with Crippen molar-refractivity contribution in [1.29, 1.82) is 0 Å². The van der Waals surface area contributed by atoms with Gasteiger partial charge in [-0.05, 0) is 42.1 Å². The molecule has 0 aliphatic heterocycles. The van der Waals surface area contributed by atoms with E-state index >= 15 is 0 Å². The van der Waals surface area contributed by atoms with E-state index in [1.807, 2.05) is 24.3 Å². The van der Waals surface area contributed by atoms with Crippen LogP contribution in [-0.4, -0.2) is 24.8 Å². The summed E-state index contributed by atoms with van der Waals surface area (Å²) in [5.74, 6) is 0. The molecule has 98 valence electrons. The Bertz CT molecular complexity index is 913. The van der Waals surface area contributed by atoms with E-state index in [9.17, 15) is 0 Å². The van der Waals surface area contributed by atoms with Crippen molar-refractivity contribution in [2.24, 2.45) is 0 Å². The van der Waals surface area contributed by atoms with E-state index in [4.69, 9.17) is 5.73 Å². The Labute approximate surface area is 121 Å². The molecule has 0 saturated heterocycles. The highest BCUT2D eigenvalue weighted by Gasteiger charge is 2.09. The van der Waals surface area contributed by atoms with E-state index < -0.39 is 0 Å². The average Bonchev–Trinajstić information content (AvgIpc) is 3.02. The Balaban J connectivity index is 1.76. The van der Waals surface area contributed by atoms with Crippen molar-refractivity contribution >= 4 is 44.1 Å². The third kappa shape index (κ3) is 1.89. The van der Waals surface area contributed by atoms with Crippen LogP contribution in [0, 0.1) is 0 Å². The molecule has 4 aromatic rings. The van der Waals surface area contributed by atoms with Crippen LogP contribution in [-0.2, 0) is 0 Å². The van der Waals surface area contributed by atoms with E-state index in [-0.39, 0.29) is 0 Å². The van der Waals surface area contributed by atoms with E-state index in [0.29, 0.717) is 5.13 Å². The number of benzene rings is 1. The molecule has 0 aliphatic rings. The van der Waals surface area contributed by atoms with E-state index in [0.717, 1.165) is 25.9 Å². The van der Waals surface area contributed by atoms with Gasteiger partial charge in [-0.15, -0.1) is 10.2 Å². The number of rotatable bonds is 2. The molecule has 0 radical (unpaired) electrons. The first kappa shape index (κ1) is 11.6. The van der Waals surface area contributed by atoms with E-state index in [1.165, 1.54) is 23.1 Å². The minimum Gasteiger partial charge on any atom is -0.375 e. The van der Waals surface area contributed by atoms with Crippen LogP contribution in [0.3, 0.4) is 0 Å². The molecule has 0 aliphatic carbocycles. The molecule has 0 fully saturated rings. The van der Waals surface area contributed by atoms with Crippen LogP contribution in [0.2, 0.25) is 0 Å². The number of nitrogens with two attached hydrogens (primary N) is 1. The zero-order valence-electron chi connectivity index (χ0n) is 10.1. The molecule has 6 nitrogen and oxygen atoms in total. The maximum atomic E-state index is 5.72. The van der Waals surface area contributed by atoms with Gasteiger partial charge in [0.15, 0.2) is 10.8 Å². The maximum absolute atomic E-state index is 5.72. The van der Waals surface area contributed by atoms with Gasteiger partial charge in [-0.2, -0.15) is 9.61 Å². The zero-order chi connectivity index (χ0) is 13.5. The first-order chi connectivity index (χ1) is 9.79. The van der Waals surface area contributed by atoms with Crippen LogP contribution in [0.25, 0.3) is 15.9 Å². The largest absolute Gasteiger partial charge is 0.375 e. The van der Waals surface area contributed by atoms with Crippen molar-refractivity contribution < 1.29 is 0 Å². The summed E-state index contributed by atoms with van der Waals surface area (Å²) < 4.78 is 2.78. The molecule has 0 saturated carbocycles. The van der Waals surface area contributed by atoms with Crippen LogP contribution in [0.15, 0.2) is 46.6 Å². The summed E-state index contributed by atoms with van der Waals surface area (Å²) in [4.78, 5) is 5.30. The summed E-state index contributed by atoms with van der Waals surface area (Å²) >= 11 is 2.99. The summed E-state index contributed by atoms with van der Waals surface area (Å²) in [5, 5.41) is 13.8. The fraction of sp³-hybridized carbons (Fsp3) is 0. The second-order valence-corrected chi connectivity index (χ2v) is 6.16. The van der Waals surface area contributed by atoms with Crippen LogP contribution in [0.5, 0.6) is 0 Å². The number of anilines is 1. The fourth-order valence-corrected chi connectivity index (χ4v) is 3.56. The molecule has 0 spiro atoms.